The van der Waals surface area contributed by atoms with Crippen LogP contribution in [-0.2, 0) is 16.0 Å². The normalized spacial score (nSPS) is 10.5. The minimum absolute atomic E-state index is 0.372. The maximum atomic E-state index is 12.5. The van der Waals surface area contributed by atoms with E-state index >= 15 is 0 Å². The third-order valence-corrected chi connectivity index (χ3v) is 5.65. The molecule has 0 spiro atoms. The van der Waals surface area contributed by atoms with Gasteiger partial charge in [0.25, 0.3) is 0 Å². The van der Waals surface area contributed by atoms with Crippen LogP contribution in [0, 0.1) is 0 Å². The topological polar surface area (TPSA) is 74.7 Å². The van der Waals surface area contributed by atoms with Crippen molar-refractivity contribution < 1.29 is 23.8 Å². The summed E-state index contributed by atoms with van der Waals surface area (Å²) in [4.78, 5) is 27.9. The maximum absolute atomic E-state index is 12.5. The Morgan fingerprint density at radius 3 is 2.14 bits per heavy atom. The van der Waals surface area contributed by atoms with Crippen molar-refractivity contribution in [3.8, 4) is 22.8 Å². The van der Waals surface area contributed by atoms with Gasteiger partial charge in [0, 0.05) is 17.8 Å². The first-order valence-corrected chi connectivity index (χ1v) is 12.4. The Morgan fingerprint density at radius 2 is 1.50 bits per heavy atom. The molecule has 0 amide bonds. The lowest BCUT2D eigenvalue weighted by Crippen LogP contribution is -2.08. The zero-order valence-corrected chi connectivity index (χ0v) is 20.8. The van der Waals surface area contributed by atoms with Gasteiger partial charge < -0.3 is 14.2 Å². The molecule has 0 aliphatic carbocycles. The Bertz CT molecular complexity index is 1110. The van der Waals surface area contributed by atoms with Crippen molar-refractivity contribution >= 4 is 11.9 Å². The van der Waals surface area contributed by atoms with Gasteiger partial charge in [0.05, 0.1) is 24.5 Å². The number of aromatic nitrogens is 1. The highest BCUT2D eigenvalue weighted by molar-refractivity contribution is 5.91. The molecule has 2 aromatic carbocycles. The summed E-state index contributed by atoms with van der Waals surface area (Å²) in [6.07, 6.45) is 8.90. The molecule has 0 N–H and O–H groups in total. The van der Waals surface area contributed by atoms with Crippen molar-refractivity contribution in [3.63, 3.8) is 0 Å². The molecule has 6 heteroatoms. The van der Waals surface area contributed by atoms with Crippen LogP contribution in [0.3, 0.4) is 0 Å². The average Bonchev–Trinajstić information content (AvgIpc) is 2.92. The van der Waals surface area contributed by atoms with Gasteiger partial charge in [-0.25, -0.2) is 9.59 Å². The van der Waals surface area contributed by atoms with Crippen molar-refractivity contribution in [2.24, 2.45) is 0 Å². The van der Waals surface area contributed by atoms with E-state index in [1.54, 1.807) is 36.4 Å². The van der Waals surface area contributed by atoms with Crippen LogP contribution < -0.4 is 9.47 Å². The zero-order chi connectivity index (χ0) is 25.6. The first-order valence-electron chi connectivity index (χ1n) is 12.4. The molecular weight excluding hydrogens is 454 g/mol. The average molecular weight is 488 g/mol. The number of unbranched alkanes of at least 4 members (excludes halogenated alkanes) is 4. The molecule has 3 aromatic rings. The highest BCUT2D eigenvalue weighted by atomic mass is 16.5. The lowest BCUT2D eigenvalue weighted by molar-refractivity contribution is -0.137. The van der Waals surface area contributed by atoms with Crippen LogP contribution >= 0.6 is 0 Å². The van der Waals surface area contributed by atoms with Crippen LogP contribution in [0.15, 0.2) is 79.5 Å². The fourth-order valence-corrected chi connectivity index (χ4v) is 3.51. The van der Waals surface area contributed by atoms with Gasteiger partial charge in [-0.05, 0) is 79.4 Å². The number of pyridine rings is 1. The lowest BCUT2D eigenvalue weighted by Gasteiger charge is -2.08. The molecule has 36 heavy (non-hydrogen) atoms. The number of ether oxygens (including phenoxy) is 3. The predicted octanol–water partition coefficient (Wildman–Crippen LogP) is 6.59. The van der Waals surface area contributed by atoms with Crippen molar-refractivity contribution in [2.75, 3.05) is 13.2 Å². The minimum Gasteiger partial charge on any atom is -0.494 e. The highest BCUT2D eigenvalue weighted by Crippen LogP contribution is 2.22. The molecule has 6 nitrogen and oxygen atoms in total. The molecule has 0 saturated carbocycles. The van der Waals surface area contributed by atoms with E-state index in [1.807, 2.05) is 24.4 Å². The summed E-state index contributed by atoms with van der Waals surface area (Å²) >= 11 is 0. The highest BCUT2D eigenvalue weighted by Gasteiger charge is 2.09. The summed E-state index contributed by atoms with van der Waals surface area (Å²) in [5.74, 6) is 0.406. The number of benzene rings is 2. The van der Waals surface area contributed by atoms with Crippen molar-refractivity contribution in [2.45, 2.75) is 45.4 Å². The molecule has 1 heterocycles. The van der Waals surface area contributed by atoms with Gasteiger partial charge in [0.2, 0.25) is 0 Å². The number of aryl methyl sites for hydroxylation is 1. The first-order chi connectivity index (χ1) is 17.6. The largest absolute Gasteiger partial charge is 0.494 e. The van der Waals surface area contributed by atoms with Crippen molar-refractivity contribution in [1.82, 2.24) is 4.98 Å². The molecule has 0 saturated heterocycles. The van der Waals surface area contributed by atoms with E-state index in [0.717, 1.165) is 49.8 Å². The molecule has 0 radical (unpaired) electrons. The minimum atomic E-state index is -0.418. The third kappa shape index (κ3) is 8.69. The summed E-state index contributed by atoms with van der Waals surface area (Å²) in [7, 11) is 0. The molecule has 1 aromatic heterocycles. The van der Waals surface area contributed by atoms with E-state index in [0.29, 0.717) is 30.3 Å². The lowest BCUT2D eigenvalue weighted by atomic mass is 10.1. The number of rotatable bonds is 14. The molecule has 0 bridgehead atoms. The Balaban J connectivity index is 1.36. The van der Waals surface area contributed by atoms with Crippen LogP contribution in [0.25, 0.3) is 11.3 Å². The summed E-state index contributed by atoms with van der Waals surface area (Å²) < 4.78 is 16.2. The van der Waals surface area contributed by atoms with Crippen LogP contribution in [-0.4, -0.2) is 30.1 Å². The summed E-state index contributed by atoms with van der Waals surface area (Å²) in [5.41, 5.74) is 3.50. The second-order valence-corrected chi connectivity index (χ2v) is 8.33. The Morgan fingerprint density at radius 1 is 0.833 bits per heavy atom. The molecule has 0 unspecified atom stereocenters. The van der Waals surface area contributed by atoms with Gasteiger partial charge in [0.1, 0.15) is 11.5 Å². The van der Waals surface area contributed by atoms with Crippen molar-refractivity contribution in [1.29, 1.82) is 0 Å². The molecule has 0 aliphatic rings. The fraction of sp³-hybridized carbons (Fsp3) is 0.300. The SMILES string of the molecule is C=CC(=O)OCCCCCCCOc1ccc(C(=O)Oc2ccc(-c3ccc(CC)cn3)cc2)cc1. The monoisotopic (exact) mass is 487 g/mol. The van der Waals surface area contributed by atoms with E-state index in [1.165, 1.54) is 11.6 Å². The number of carbonyl (C=O) groups excluding carboxylic acids is 2. The Kier molecular flexibility index (Phi) is 10.7. The van der Waals surface area contributed by atoms with Gasteiger partial charge in [-0.1, -0.05) is 38.8 Å². The van der Waals surface area contributed by atoms with Gasteiger partial charge >= 0.3 is 11.9 Å². The van der Waals surface area contributed by atoms with Gasteiger partial charge in [-0.15, -0.1) is 0 Å². The molecule has 188 valence electrons. The van der Waals surface area contributed by atoms with Crippen molar-refractivity contribution in [3.05, 3.63) is 90.6 Å². The Hall–Kier alpha value is -3.93. The number of carbonyl (C=O) groups is 2. The molecule has 3 rings (SSSR count). The first kappa shape index (κ1) is 26.7. The van der Waals surface area contributed by atoms with E-state index in [9.17, 15) is 9.59 Å². The quantitative estimate of drug-likeness (QED) is 0.111. The summed E-state index contributed by atoms with van der Waals surface area (Å²) in [6.45, 7) is 6.51. The van der Waals surface area contributed by atoms with Gasteiger partial charge in [-0.3, -0.25) is 4.98 Å². The standard InChI is InChI=1S/C30H33NO5/c1-3-23-10-19-28(31-22-23)24-11-17-27(18-12-24)36-30(33)25-13-15-26(16-14-25)34-20-8-6-5-7-9-21-35-29(32)4-2/h4,10-19,22H,2-3,5-9,20-21H2,1H3. The number of hydrogen-bond acceptors (Lipinski definition) is 6. The maximum Gasteiger partial charge on any atom is 0.343 e. The van der Waals surface area contributed by atoms with Gasteiger partial charge in [-0.2, -0.15) is 0 Å². The van der Waals surface area contributed by atoms with E-state index in [2.05, 4.69) is 24.6 Å². The van der Waals surface area contributed by atoms with Gasteiger partial charge in [0.15, 0.2) is 0 Å². The molecular formula is C30H33NO5. The number of hydrogen-bond donors (Lipinski definition) is 0. The van der Waals surface area contributed by atoms with E-state index in [-0.39, 0.29) is 5.97 Å². The fourth-order valence-electron chi connectivity index (χ4n) is 3.51. The second-order valence-electron chi connectivity index (χ2n) is 8.33. The summed E-state index contributed by atoms with van der Waals surface area (Å²) in [5, 5.41) is 0. The van der Waals surface area contributed by atoms with E-state index in [4.69, 9.17) is 14.2 Å². The molecule has 0 aliphatic heterocycles. The second kappa shape index (κ2) is 14.5. The zero-order valence-electron chi connectivity index (χ0n) is 20.8. The van der Waals surface area contributed by atoms with E-state index < -0.39 is 5.97 Å². The predicted molar refractivity (Wildman–Crippen MR) is 140 cm³/mol. The van der Waals surface area contributed by atoms with Crippen LogP contribution in [0.2, 0.25) is 0 Å². The van der Waals surface area contributed by atoms with Crippen LogP contribution in [0.4, 0.5) is 0 Å². The summed E-state index contributed by atoms with van der Waals surface area (Å²) in [6, 6.07) is 18.4. The molecule has 0 atom stereocenters. The van der Waals surface area contributed by atoms with Crippen LogP contribution in [0.1, 0.15) is 54.9 Å². The third-order valence-electron chi connectivity index (χ3n) is 5.65. The number of nitrogens with zero attached hydrogens (tertiary/aromatic N) is 1. The molecule has 0 fully saturated rings. The van der Waals surface area contributed by atoms with Crippen LogP contribution in [0.5, 0.6) is 11.5 Å². The Labute approximate surface area is 212 Å². The smallest absolute Gasteiger partial charge is 0.343 e. The number of esters is 2.